The average molecular weight is 559 g/mol. The molecule has 2 aliphatic rings. The van der Waals surface area contributed by atoms with Crippen LogP contribution in [0.1, 0.15) is 51.1 Å². The van der Waals surface area contributed by atoms with Gasteiger partial charge < -0.3 is 19.7 Å². The molecule has 1 aromatic carbocycles. The van der Waals surface area contributed by atoms with E-state index in [1.807, 2.05) is 13.0 Å². The molecule has 2 aliphatic heterocycles. The number of carbonyl (C=O) groups is 1. The van der Waals surface area contributed by atoms with Crippen molar-refractivity contribution >= 4 is 35.9 Å². The lowest BCUT2D eigenvalue weighted by Gasteiger charge is -2.34. The summed E-state index contributed by atoms with van der Waals surface area (Å²) in [4.78, 5) is 21.9. The molecule has 0 aromatic heterocycles. The van der Waals surface area contributed by atoms with Crippen LogP contribution in [-0.2, 0) is 9.53 Å². The van der Waals surface area contributed by atoms with E-state index in [4.69, 9.17) is 14.5 Å². The van der Waals surface area contributed by atoms with E-state index in [2.05, 4.69) is 40.2 Å². The summed E-state index contributed by atoms with van der Waals surface area (Å²) in [5, 5.41) is 3.46. The maximum atomic E-state index is 12.1. The fourth-order valence-electron chi connectivity index (χ4n) is 4.52. The highest BCUT2D eigenvalue weighted by atomic mass is 127. The van der Waals surface area contributed by atoms with Crippen LogP contribution in [-0.4, -0.2) is 74.7 Å². The highest BCUT2D eigenvalue weighted by Gasteiger charge is 2.28. The number of nitrogens with zero attached hydrogens (tertiary/aromatic N) is 3. The summed E-state index contributed by atoms with van der Waals surface area (Å²) >= 11 is 0. The third-order valence-corrected chi connectivity index (χ3v) is 6.22. The standard InChI is InChI=1S/C24H38N4O3.HI/c1-4-25-24(28-15-11-19(12-16-28)23(29)31-5-2)26-18-22(27-13-6-7-14-27)20-9-8-10-21(17-20)30-3;/h8-10,17,19,22H,4-7,11-16,18H2,1-3H3,(H,25,26);1H. The highest BCUT2D eigenvalue weighted by Crippen LogP contribution is 2.28. The minimum atomic E-state index is -0.0591. The highest BCUT2D eigenvalue weighted by molar-refractivity contribution is 14.0. The van der Waals surface area contributed by atoms with Crippen molar-refractivity contribution in [1.82, 2.24) is 15.1 Å². The van der Waals surface area contributed by atoms with Crippen molar-refractivity contribution in [2.24, 2.45) is 10.9 Å². The summed E-state index contributed by atoms with van der Waals surface area (Å²) in [6.07, 6.45) is 4.11. The van der Waals surface area contributed by atoms with Gasteiger partial charge in [-0.2, -0.15) is 0 Å². The van der Waals surface area contributed by atoms with Gasteiger partial charge in [0.25, 0.3) is 0 Å². The quantitative estimate of drug-likeness (QED) is 0.227. The van der Waals surface area contributed by atoms with E-state index in [0.29, 0.717) is 13.2 Å². The molecular formula is C24H39IN4O3. The molecule has 2 fully saturated rings. The van der Waals surface area contributed by atoms with Gasteiger partial charge in [-0.25, -0.2) is 0 Å². The molecule has 2 heterocycles. The lowest BCUT2D eigenvalue weighted by Crippen LogP contribution is -2.47. The Balaban J connectivity index is 0.00000363. The second-order valence-electron chi connectivity index (χ2n) is 8.24. The normalized spacial score (nSPS) is 18.7. The zero-order valence-electron chi connectivity index (χ0n) is 19.7. The molecule has 32 heavy (non-hydrogen) atoms. The van der Waals surface area contributed by atoms with Gasteiger partial charge in [-0.1, -0.05) is 12.1 Å². The van der Waals surface area contributed by atoms with Crippen LogP contribution in [0.4, 0.5) is 0 Å². The first kappa shape index (κ1) is 26.7. The number of piperidine rings is 1. The third-order valence-electron chi connectivity index (χ3n) is 6.22. The van der Waals surface area contributed by atoms with Crippen molar-refractivity contribution in [3.8, 4) is 5.75 Å². The van der Waals surface area contributed by atoms with E-state index in [9.17, 15) is 4.79 Å². The molecule has 0 aliphatic carbocycles. The number of halogens is 1. The van der Waals surface area contributed by atoms with Crippen molar-refractivity contribution in [2.75, 3.05) is 53.0 Å². The van der Waals surface area contributed by atoms with Gasteiger partial charge in [0, 0.05) is 19.6 Å². The maximum Gasteiger partial charge on any atom is 0.309 e. The number of guanidine groups is 1. The third kappa shape index (κ3) is 7.23. The molecule has 1 unspecified atom stereocenters. The SMILES string of the molecule is CCNC(=NCC(c1cccc(OC)c1)N1CCCC1)N1CCC(C(=O)OCC)CC1.I. The lowest BCUT2D eigenvalue weighted by atomic mass is 9.97. The second kappa shape index (κ2) is 13.9. The Bertz CT molecular complexity index is 732. The van der Waals surface area contributed by atoms with Crippen LogP contribution >= 0.6 is 24.0 Å². The van der Waals surface area contributed by atoms with Crippen LogP contribution in [0.2, 0.25) is 0 Å². The summed E-state index contributed by atoms with van der Waals surface area (Å²) in [5.41, 5.74) is 1.25. The molecule has 3 rings (SSSR count). The number of carbonyl (C=O) groups excluding carboxylic acids is 1. The summed E-state index contributed by atoms with van der Waals surface area (Å²) in [6.45, 7) is 9.80. The largest absolute Gasteiger partial charge is 0.497 e. The zero-order chi connectivity index (χ0) is 22.1. The van der Waals surface area contributed by atoms with E-state index in [0.717, 1.165) is 57.3 Å². The molecule has 8 heteroatoms. The summed E-state index contributed by atoms with van der Waals surface area (Å²) < 4.78 is 10.7. The molecule has 7 nitrogen and oxygen atoms in total. The Labute approximate surface area is 209 Å². The van der Waals surface area contributed by atoms with E-state index in [1.165, 1.54) is 18.4 Å². The molecule has 0 bridgehead atoms. The van der Waals surface area contributed by atoms with E-state index in [-0.39, 0.29) is 41.9 Å². The fourth-order valence-corrected chi connectivity index (χ4v) is 4.52. The first-order valence-corrected chi connectivity index (χ1v) is 11.7. The fraction of sp³-hybridized carbons (Fsp3) is 0.667. The molecule has 0 saturated carbocycles. The lowest BCUT2D eigenvalue weighted by molar-refractivity contribution is -0.149. The molecule has 180 valence electrons. The number of esters is 1. The number of ether oxygens (including phenoxy) is 2. The molecule has 1 atom stereocenters. The molecular weight excluding hydrogens is 519 g/mol. The van der Waals surface area contributed by atoms with Gasteiger partial charge in [0.2, 0.25) is 0 Å². The van der Waals surface area contributed by atoms with Crippen LogP contribution in [0.15, 0.2) is 29.3 Å². The van der Waals surface area contributed by atoms with Gasteiger partial charge in [-0.05, 0) is 70.3 Å². The summed E-state index contributed by atoms with van der Waals surface area (Å²) in [5.74, 6) is 1.78. The average Bonchev–Trinajstić information content (AvgIpc) is 3.33. The van der Waals surface area contributed by atoms with Crippen LogP contribution in [0, 0.1) is 5.92 Å². The number of benzene rings is 1. The van der Waals surface area contributed by atoms with Gasteiger partial charge in [0.15, 0.2) is 5.96 Å². The number of hydrogen-bond acceptors (Lipinski definition) is 5. The van der Waals surface area contributed by atoms with Gasteiger partial charge in [0.05, 0.1) is 32.2 Å². The van der Waals surface area contributed by atoms with Gasteiger partial charge >= 0.3 is 5.97 Å². The van der Waals surface area contributed by atoms with Crippen molar-refractivity contribution in [3.63, 3.8) is 0 Å². The molecule has 1 N–H and O–H groups in total. The number of rotatable bonds is 8. The summed E-state index contributed by atoms with van der Waals surface area (Å²) in [7, 11) is 1.71. The molecule has 2 saturated heterocycles. The van der Waals surface area contributed by atoms with E-state index >= 15 is 0 Å². The topological polar surface area (TPSA) is 66.4 Å². The Kier molecular flexibility index (Phi) is 11.6. The molecule has 0 radical (unpaired) electrons. The Hall–Kier alpha value is -1.55. The second-order valence-corrected chi connectivity index (χ2v) is 8.24. The van der Waals surface area contributed by atoms with Crippen molar-refractivity contribution < 1.29 is 14.3 Å². The van der Waals surface area contributed by atoms with Crippen LogP contribution in [0.5, 0.6) is 5.75 Å². The van der Waals surface area contributed by atoms with Gasteiger partial charge in [-0.15, -0.1) is 24.0 Å². The predicted octanol–water partition coefficient (Wildman–Crippen LogP) is 3.69. The van der Waals surface area contributed by atoms with Crippen LogP contribution < -0.4 is 10.1 Å². The van der Waals surface area contributed by atoms with Crippen molar-refractivity contribution in [2.45, 2.75) is 45.6 Å². The monoisotopic (exact) mass is 558 g/mol. The first-order chi connectivity index (χ1) is 15.2. The number of likely N-dealkylation sites (tertiary alicyclic amines) is 2. The number of aliphatic imine (C=N–C) groups is 1. The van der Waals surface area contributed by atoms with Crippen LogP contribution in [0.25, 0.3) is 0 Å². The maximum absolute atomic E-state index is 12.1. The molecule has 0 amide bonds. The van der Waals surface area contributed by atoms with E-state index < -0.39 is 0 Å². The zero-order valence-corrected chi connectivity index (χ0v) is 22.0. The predicted molar refractivity (Wildman–Crippen MR) is 139 cm³/mol. The Morgan fingerprint density at radius 1 is 1.19 bits per heavy atom. The number of methoxy groups -OCH3 is 1. The van der Waals surface area contributed by atoms with Gasteiger partial charge in [-0.3, -0.25) is 14.7 Å². The first-order valence-electron chi connectivity index (χ1n) is 11.7. The number of hydrogen-bond donors (Lipinski definition) is 1. The van der Waals surface area contributed by atoms with E-state index in [1.54, 1.807) is 7.11 Å². The van der Waals surface area contributed by atoms with Crippen LogP contribution in [0.3, 0.4) is 0 Å². The molecule has 0 spiro atoms. The Morgan fingerprint density at radius 3 is 2.53 bits per heavy atom. The molecule has 1 aromatic rings. The minimum Gasteiger partial charge on any atom is -0.497 e. The minimum absolute atomic E-state index is 0. The van der Waals surface area contributed by atoms with Gasteiger partial charge in [0.1, 0.15) is 5.75 Å². The Morgan fingerprint density at radius 2 is 1.91 bits per heavy atom. The van der Waals surface area contributed by atoms with Crippen molar-refractivity contribution in [1.29, 1.82) is 0 Å². The van der Waals surface area contributed by atoms with Crippen molar-refractivity contribution in [3.05, 3.63) is 29.8 Å². The smallest absolute Gasteiger partial charge is 0.309 e. The summed E-state index contributed by atoms with van der Waals surface area (Å²) in [6, 6.07) is 8.61. The number of nitrogens with one attached hydrogen (secondary N) is 1.